The Morgan fingerprint density at radius 3 is 2.32 bits per heavy atom. The highest BCUT2D eigenvalue weighted by molar-refractivity contribution is 7.89. The number of carbonyl (C=O) groups excluding carboxylic acids is 1. The van der Waals surface area contributed by atoms with Crippen LogP contribution >= 0.6 is 0 Å². The number of aryl methyl sites for hydroxylation is 1. The first-order valence-corrected chi connectivity index (χ1v) is 11.7. The zero-order valence-electron chi connectivity index (χ0n) is 17.8. The highest BCUT2D eigenvalue weighted by Gasteiger charge is 2.28. The van der Waals surface area contributed by atoms with Crippen LogP contribution in [0, 0.1) is 6.92 Å². The van der Waals surface area contributed by atoms with E-state index in [4.69, 9.17) is 4.74 Å². The summed E-state index contributed by atoms with van der Waals surface area (Å²) in [6.07, 6.45) is 1.57. The molecule has 0 spiro atoms. The van der Waals surface area contributed by atoms with Crippen molar-refractivity contribution in [3.05, 3.63) is 59.7 Å². The molecule has 2 aromatic carbocycles. The fourth-order valence-corrected chi connectivity index (χ4v) is 4.64. The Bertz CT molecular complexity index is 997. The summed E-state index contributed by atoms with van der Waals surface area (Å²) in [4.78, 5) is 14.4. The molecular formula is C22H28N4O4S. The van der Waals surface area contributed by atoms with Crippen molar-refractivity contribution in [1.29, 1.82) is 0 Å². The molecule has 3 rings (SSSR count). The second kappa shape index (κ2) is 10.5. The SMILES string of the molecule is CCOc1ccc(/C=N/NC(=O)CN2CCN(S(=O)(=O)c3ccc(C)cc3)CC2)cc1. The van der Waals surface area contributed by atoms with Gasteiger partial charge in [-0.25, -0.2) is 13.8 Å². The number of hydrogen-bond donors (Lipinski definition) is 1. The molecule has 1 heterocycles. The quantitative estimate of drug-likeness (QED) is 0.496. The smallest absolute Gasteiger partial charge is 0.254 e. The first-order chi connectivity index (χ1) is 14.9. The van der Waals surface area contributed by atoms with Crippen LogP contribution in [0.1, 0.15) is 18.1 Å². The highest BCUT2D eigenvalue weighted by atomic mass is 32.2. The predicted octanol–water partition coefficient (Wildman–Crippen LogP) is 1.85. The Morgan fingerprint density at radius 1 is 1.06 bits per heavy atom. The van der Waals surface area contributed by atoms with Gasteiger partial charge >= 0.3 is 0 Å². The number of benzene rings is 2. The maximum absolute atomic E-state index is 12.8. The van der Waals surface area contributed by atoms with Crippen LogP contribution in [0.4, 0.5) is 0 Å². The van der Waals surface area contributed by atoms with E-state index >= 15 is 0 Å². The number of hydrazone groups is 1. The van der Waals surface area contributed by atoms with E-state index in [0.717, 1.165) is 16.9 Å². The maximum Gasteiger partial charge on any atom is 0.254 e. The third-order valence-electron chi connectivity index (χ3n) is 4.95. The molecule has 0 radical (unpaired) electrons. The molecule has 0 aliphatic carbocycles. The zero-order chi connectivity index (χ0) is 22.3. The van der Waals surface area contributed by atoms with Crippen LogP contribution in [0.15, 0.2) is 58.5 Å². The molecular weight excluding hydrogens is 416 g/mol. The lowest BCUT2D eigenvalue weighted by Gasteiger charge is -2.33. The van der Waals surface area contributed by atoms with Crippen molar-refractivity contribution in [3.63, 3.8) is 0 Å². The van der Waals surface area contributed by atoms with Gasteiger partial charge in [0.05, 0.1) is 24.3 Å². The van der Waals surface area contributed by atoms with E-state index in [1.54, 1.807) is 30.5 Å². The lowest BCUT2D eigenvalue weighted by molar-refractivity contribution is -0.122. The van der Waals surface area contributed by atoms with Gasteiger partial charge in [-0.05, 0) is 55.8 Å². The maximum atomic E-state index is 12.8. The molecule has 1 fully saturated rings. The summed E-state index contributed by atoms with van der Waals surface area (Å²) in [5, 5.41) is 3.99. The molecule has 9 heteroatoms. The Hall–Kier alpha value is -2.75. The molecule has 31 heavy (non-hydrogen) atoms. The minimum absolute atomic E-state index is 0.166. The number of nitrogens with one attached hydrogen (secondary N) is 1. The molecule has 1 amide bonds. The summed E-state index contributed by atoms with van der Waals surface area (Å²) in [7, 11) is -3.51. The second-order valence-electron chi connectivity index (χ2n) is 7.29. The van der Waals surface area contributed by atoms with Gasteiger partial charge in [0.25, 0.3) is 5.91 Å². The zero-order valence-corrected chi connectivity index (χ0v) is 18.6. The van der Waals surface area contributed by atoms with Crippen molar-refractivity contribution in [1.82, 2.24) is 14.6 Å². The molecule has 2 aromatic rings. The van der Waals surface area contributed by atoms with E-state index in [1.165, 1.54) is 4.31 Å². The van der Waals surface area contributed by atoms with Crippen LogP contribution in [0.5, 0.6) is 5.75 Å². The normalized spacial score (nSPS) is 15.8. The van der Waals surface area contributed by atoms with Crippen LogP contribution in [0.2, 0.25) is 0 Å². The van der Waals surface area contributed by atoms with Crippen molar-refractivity contribution in [3.8, 4) is 5.75 Å². The third kappa shape index (κ3) is 6.36. The van der Waals surface area contributed by atoms with Crippen LogP contribution in [-0.2, 0) is 14.8 Å². The molecule has 1 N–H and O–H groups in total. The van der Waals surface area contributed by atoms with Gasteiger partial charge in [0.2, 0.25) is 10.0 Å². The molecule has 8 nitrogen and oxygen atoms in total. The lowest BCUT2D eigenvalue weighted by atomic mass is 10.2. The number of piperazine rings is 1. The van der Waals surface area contributed by atoms with Gasteiger partial charge in [-0.3, -0.25) is 9.69 Å². The van der Waals surface area contributed by atoms with Crippen LogP contribution in [0.25, 0.3) is 0 Å². The van der Waals surface area contributed by atoms with E-state index in [1.807, 2.05) is 43.0 Å². The monoisotopic (exact) mass is 444 g/mol. The van der Waals surface area contributed by atoms with E-state index in [9.17, 15) is 13.2 Å². The van der Waals surface area contributed by atoms with Gasteiger partial charge in [0, 0.05) is 26.2 Å². The van der Waals surface area contributed by atoms with Crippen LogP contribution in [-0.4, -0.2) is 69.1 Å². The number of ether oxygens (including phenoxy) is 1. The van der Waals surface area contributed by atoms with Gasteiger partial charge in [0.1, 0.15) is 5.75 Å². The third-order valence-corrected chi connectivity index (χ3v) is 6.86. The van der Waals surface area contributed by atoms with E-state index < -0.39 is 10.0 Å². The van der Waals surface area contributed by atoms with Crippen LogP contribution in [0.3, 0.4) is 0 Å². The number of nitrogens with zero attached hydrogens (tertiary/aromatic N) is 3. The number of rotatable bonds is 8. The Kier molecular flexibility index (Phi) is 7.78. The van der Waals surface area contributed by atoms with Gasteiger partial charge < -0.3 is 4.74 Å². The highest BCUT2D eigenvalue weighted by Crippen LogP contribution is 2.18. The summed E-state index contributed by atoms with van der Waals surface area (Å²) in [6.45, 7) is 6.28. The predicted molar refractivity (Wildman–Crippen MR) is 120 cm³/mol. The molecule has 1 aliphatic rings. The molecule has 0 aromatic heterocycles. The number of hydrogen-bond acceptors (Lipinski definition) is 6. The van der Waals surface area contributed by atoms with Gasteiger partial charge in [0.15, 0.2) is 0 Å². The van der Waals surface area contributed by atoms with Crippen molar-refractivity contribution in [2.45, 2.75) is 18.7 Å². The molecule has 1 aliphatic heterocycles. The second-order valence-corrected chi connectivity index (χ2v) is 9.23. The summed E-state index contributed by atoms with van der Waals surface area (Å²) in [5.74, 6) is 0.546. The number of sulfonamides is 1. The minimum Gasteiger partial charge on any atom is -0.494 e. The topological polar surface area (TPSA) is 91.3 Å². The standard InChI is InChI=1S/C22H28N4O4S/c1-3-30-20-8-6-19(7-9-20)16-23-24-22(27)17-25-12-14-26(15-13-25)31(28,29)21-10-4-18(2)5-11-21/h4-11,16H,3,12-15,17H2,1-2H3,(H,24,27)/b23-16+. The van der Waals surface area contributed by atoms with Gasteiger partial charge in [-0.2, -0.15) is 9.41 Å². The van der Waals surface area contributed by atoms with Crippen molar-refractivity contribution < 1.29 is 17.9 Å². The van der Waals surface area contributed by atoms with E-state index in [2.05, 4.69) is 10.5 Å². The molecule has 166 valence electrons. The average molecular weight is 445 g/mol. The summed E-state index contributed by atoms with van der Waals surface area (Å²) in [6, 6.07) is 14.2. The number of amides is 1. The molecule has 0 atom stereocenters. The van der Waals surface area contributed by atoms with Crippen molar-refractivity contribution >= 4 is 22.1 Å². The van der Waals surface area contributed by atoms with Crippen molar-refractivity contribution in [2.24, 2.45) is 5.10 Å². The van der Waals surface area contributed by atoms with Gasteiger partial charge in [-0.1, -0.05) is 17.7 Å². The fraction of sp³-hybridized carbons (Fsp3) is 0.364. The molecule has 0 unspecified atom stereocenters. The Labute approximate surface area is 183 Å². The van der Waals surface area contributed by atoms with E-state index in [-0.39, 0.29) is 12.5 Å². The summed E-state index contributed by atoms with van der Waals surface area (Å²) in [5.41, 5.74) is 4.38. The van der Waals surface area contributed by atoms with Gasteiger partial charge in [-0.15, -0.1) is 0 Å². The Balaban J connectivity index is 1.45. The first kappa shape index (κ1) is 22.9. The largest absolute Gasteiger partial charge is 0.494 e. The molecule has 0 saturated carbocycles. The van der Waals surface area contributed by atoms with E-state index in [0.29, 0.717) is 37.7 Å². The summed E-state index contributed by atoms with van der Waals surface area (Å²) < 4.78 is 32.4. The van der Waals surface area contributed by atoms with Crippen molar-refractivity contribution in [2.75, 3.05) is 39.3 Å². The average Bonchev–Trinajstić information content (AvgIpc) is 2.76. The summed E-state index contributed by atoms with van der Waals surface area (Å²) >= 11 is 0. The first-order valence-electron chi connectivity index (χ1n) is 10.2. The molecule has 1 saturated heterocycles. The Morgan fingerprint density at radius 2 is 1.71 bits per heavy atom. The fourth-order valence-electron chi connectivity index (χ4n) is 3.22. The molecule has 0 bridgehead atoms. The number of carbonyl (C=O) groups is 1. The lowest BCUT2D eigenvalue weighted by Crippen LogP contribution is -2.50. The minimum atomic E-state index is -3.51. The van der Waals surface area contributed by atoms with Crippen LogP contribution < -0.4 is 10.2 Å².